The lowest BCUT2D eigenvalue weighted by atomic mass is 10.1. The van der Waals surface area contributed by atoms with Crippen LogP contribution in [0.3, 0.4) is 0 Å². The number of phenols is 1. The number of amides is 1. The molecule has 0 aliphatic heterocycles. The van der Waals surface area contributed by atoms with Crippen LogP contribution in [-0.4, -0.2) is 28.1 Å². The van der Waals surface area contributed by atoms with Crippen molar-refractivity contribution in [3.05, 3.63) is 65.0 Å². The molecule has 6 nitrogen and oxygen atoms in total. The molecule has 138 valence electrons. The number of ether oxygens (including phenoxy) is 1. The number of aromatic nitrogens is 1. The van der Waals surface area contributed by atoms with Crippen molar-refractivity contribution in [1.29, 1.82) is 0 Å². The van der Waals surface area contributed by atoms with Crippen molar-refractivity contribution in [2.75, 3.05) is 5.32 Å². The molecule has 0 fully saturated rings. The van der Waals surface area contributed by atoms with Crippen LogP contribution in [0.25, 0.3) is 11.3 Å². The van der Waals surface area contributed by atoms with E-state index >= 15 is 0 Å². The van der Waals surface area contributed by atoms with E-state index in [-0.39, 0.29) is 11.3 Å². The first-order valence-electron chi connectivity index (χ1n) is 8.26. The topological polar surface area (TPSA) is 88.5 Å². The number of esters is 1. The van der Waals surface area contributed by atoms with E-state index in [2.05, 4.69) is 10.3 Å². The third kappa shape index (κ3) is 4.51. The molecular formula is C20H18N2O4S. The van der Waals surface area contributed by atoms with Crippen LogP contribution in [0.1, 0.15) is 22.8 Å². The van der Waals surface area contributed by atoms with Gasteiger partial charge in [0.25, 0.3) is 5.91 Å². The van der Waals surface area contributed by atoms with E-state index in [0.29, 0.717) is 5.13 Å². The maximum Gasteiger partial charge on any atom is 0.342 e. The van der Waals surface area contributed by atoms with E-state index in [9.17, 15) is 14.7 Å². The van der Waals surface area contributed by atoms with E-state index < -0.39 is 18.0 Å². The lowest BCUT2D eigenvalue weighted by Gasteiger charge is -2.13. The van der Waals surface area contributed by atoms with Crippen LogP contribution in [0.2, 0.25) is 0 Å². The van der Waals surface area contributed by atoms with Crippen LogP contribution in [0.5, 0.6) is 5.75 Å². The second-order valence-corrected chi connectivity index (χ2v) is 6.82. The second kappa shape index (κ2) is 8.01. The highest BCUT2D eigenvalue weighted by Crippen LogP contribution is 2.25. The van der Waals surface area contributed by atoms with Gasteiger partial charge in [-0.3, -0.25) is 10.1 Å². The normalized spacial score (nSPS) is 11.6. The minimum Gasteiger partial charge on any atom is -0.507 e. The number of aryl methyl sites for hydroxylation is 1. The molecule has 0 saturated heterocycles. The smallest absolute Gasteiger partial charge is 0.342 e. The third-order valence-corrected chi connectivity index (χ3v) is 4.59. The minimum absolute atomic E-state index is 0.0147. The van der Waals surface area contributed by atoms with Crippen molar-refractivity contribution in [2.24, 2.45) is 0 Å². The SMILES string of the molecule is Cc1ccc(C(=O)O[C@H](C)C(=O)Nc2nc(-c3ccccc3)cs2)c(O)c1. The molecule has 1 heterocycles. The fraction of sp³-hybridized carbons (Fsp3) is 0.150. The predicted molar refractivity (Wildman–Crippen MR) is 104 cm³/mol. The van der Waals surface area contributed by atoms with Gasteiger partial charge in [0.15, 0.2) is 11.2 Å². The first kappa shape index (κ1) is 18.6. The molecule has 1 atom stereocenters. The Morgan fingerprint density at radius 2 is 1.93 bits per heavy atom. The maximum atomic E-state index is 12.3. The van der Waals surface area contributed by atoms with Crippen molar-refractivity contribution in [1.82, 2.24) is 4.98 Å². The Morgan fingerprint density at radius 1 is 1.19 bits per heavy atom. The summed E-state index contributed by atoms with van der Waals surface area (Å²) < 4.78 is 5.15. The van der Waals surface area contributed by atoms with Crippen molar-refractivity contribution in [3.8, 4) is 17.0 Å². The average Bonchev–Trinajstić information content (AvgIpc) is 3.10. The number of hydrogen-bond donors (Lipinski definition) is 2. The lowest BCUT2D eigenvalue weighted by molar-refractivity contribution is -0.123. The summed E-state index contributed by atoms with van der Waals surface area (Å²) in [6, 6.07) is 14.2. The monoisotopic (exact) mass is 382 g/mol. The Balaban J connectivity index is 1.62. The average molecular weight is 382 g/mol. The van der Waals surface area contributed by atoms with Crippen molar-refractivity contribution >= 4 is 28.3 Å². The van der Waals surface area contributed by atoms with Crippen molar-refractivity contribution in [3.63, 3.8) is 0 Å². The van der Waals surface area contributed by atoms with Gasteiger partial charge in [0.05, 0.1) is 5.69 Å². The van der Waals surface area contributed by atoms with Crippen LogP contribution in [0.15, 0.2) is 53.9 Å². The molecule has 1 aromatic heterocycles. The second-order valence-electron chi connectivity index (χ2n) is 5.96. The zero-order valence-corrected chi connectivity index (χ0v) is 15.6. The van der Waals surface area contributed by atoms with Crippen molar-refractivity contribution in [2.45, 2.75) is 20.0 Å². The van der Waals surface area contributed by atoms with E-state index in [1.54, 1.807) is 13.0 Å². The summed E-state index contributed by atoms with van der Waals surface area (Å²) in [4.78, 5) is 28.8. The van der Waals surface area contributed by atoms with Gasteiger partial charge in [-0.15, -0.1) is 11.3 Å². The molecule has 7 heteroatoms. The van der Waals surface area contributed by atoms with Crippen molar-refractivity contribution < 1.29 is 19.4 Å². The lowest BCUT2D eigenvalue weighted by Crippen LogP contribution is -2.30. The number of nitrogens with one attached hydrogen (secondary N) is 1. The molecular weight excluding hydrogens is 364 g/mol. The van der Waals surface area contributed by atoms with Gasteiger partial charge < -0.3 is 9.84 Å². The molecule has 1 amide bonds. The highest BCUT2D eigenvalue weighted by Gasteiger charge is 2.22. The summed E-state index contributed by atoms with van der Waals surface area (Å²) >= 11 is 1.29. The molecule has 2 aromatic carbocycles. The van der Waals surface area contributed by atoms with Gasteiger partial charge in [-0.1, -0.05) is 36.4 Å². The van der Waals surface area contributed by atoms with Crippen LogP contribution >= 0.6 is 11.3 Å². The number of thiazole rings is 1. The van der Waals surface area contributed by atoms with Gasteiger partial charge >= 0.3 is 5.97 Å². The Morgan fingerprint density at radius 3 is 2.63 bits per heavy atom. The van der Waals surface area contributed by atoms with E-state index in [1.165, 1.54) is 30.4 Å². The highest BCUT2D eigenvalue weighted by atomic mass is 32.1. The van der Waals surface area contributed by atoms with Gasteiger partial charge in [0.1, 0.15) is 11.3 Å². The molecule has 0 aliphatic rings. The zero-order chi connectivity index (χ0) is 19.4. The Bertz CT molecular complexity index is 969. The fourth-order valence-electron chi connectivity index (χ4n) is 2.37. The minimum atomic E-state index is -1.04. The summed E-state index contributed by atoms with van der Waals surface area (Å²) in [5, 5.41) is 14.7. The van der Waals surface area contributed by atoms with E-state index in [1.807, 2.05) is 35.7 Å². The first-order valence-corrected chi connectivity index (χ1v) is 9.14. The molecule has 0 bridgehead atoms. The van der Waals surface area contributed by atoms with E-state index in [4.69, 9.17) is 4.74 Å². The molecule has 0 saturated carbocycles. The molecule has 2 N–H and O–H groups in total. The standard InChI is InChI=1S/C20H18N2O4S/c1-12-8-9-15(17(23)10-12)19(25)26-13(2)18(24)22-20-21-16(11-27-20)14-6-4-3-5-7-14/h3-11,13,23H,1-2H3,(H,21,22,24)/t13-/m1/s1. The molecule has 0 unspecified atom stereocenters. The number of carbonyl (C=O) groups is 2. The first-order chi connectivity index (χ1) is 12.9. The van der Waals surface area contributed by atoms with Crippen LogP contribution < -0.4 is 5.32 Å². The zero-order valence-electron chi connectivity index (χ0n) is 14.8. The van der Waals surface area contributed by atoms with Crippen LogP contribution in [-0.2, 0) is 9.53 Å². The molecule has 0 spiro atoms. The number of anilines is 1. The molecule has 0 radical (unpaired) electrons. The highest BCUT2D eigenvalue weighted by molar-refractivity contribution is 7.14. The van der Waals surface area contributed by atoms with Gasteiger partial charge in [-0.2, -0.15) is 0 Å². The number of phenolic OH excluding ortho intramolecular Hbond substituents is 1. The summed E-state index contributed by atoms with van der Waals surface area (Å²) in [7, 11) is 0. The maximum absolute atomic E-state index is 12.3. The Labute approximate surface area is 160 Å². The fourth-order valence-corrected chi connectivity index (χ4v) is 3.09. The molecule has 3 aromatic rings. The molecule has 3 rings (SSSR count). The van der Waals surface area contributed by atoms with Gasteiger partial charge in [0.2, 0.25) is 0 Å². The Kier molecular flexibility index (Phi) is 5.52. The quantitative estimate of drug-likeness (QED) is 0.651. The number of nitrogens with zero attached hydrogens (tertiary/aromatic N) is 1. The van der Waals surface area contributed by atoms with Gasteiger partial charge in [-0.05, 0) is 31.5 Å². The van der Waals surface area contributed by atoms with Gasteiger partial charge in [-0.25, -0.2) is 9.78 Å². The van der Waals surface area contributed by atoms with Crippen LogP contribution in [0.4, 0.5) is 5.13 Å². The Hall–Kier alpha value is -3.19. The number of carbonyl (C=O) groups excluding carboxylic acids is 2. The summed E-state index contributed by atoms with van der Waals surface area (Å²) in [5.41, 5.74) is 2.53. The molecule has 0 aliphatic carbocycles. The van der Waals surface area contributed by atoms with Gasteiger partial charge in [0, 0.05) is 10.9 Å². The third-order valence-electron chi connectivity index (χ3n) is 3.83. The molecule has 27 heavy (non-hydrogen) atoms. The number of aromatic hydroxyl groups is 1. The number of benzene rings is 2. The summed E-state index contributed by atoms with van der Waals surface area (Å²) in [5.74, 6) is -1.44. The summed E-state index contributed by atoms with van der Waals surface area (Å²) in [6.45, 7) is 3.26. The number of hydrogen-bond acceptors (Lipinski definition) is 6. The van der Waals surface area contributed by atoms with Crippen LogP contribution in [0, 0.1) is 6.92 Å². The summed E-state index contributed by atoms with van der Waals surface area (Å²) in [6.07, 6.45) is -1.04. The van der Waals surface area contributed by atoms with E-state index in [0.717, 1.165) is 16.8 Å². The largest absolute Gasteiger partial charge is 0.507 e. The predicted octanol–water partition coefficient (Wildman–Crippen LogP) is 4.01. The number of rotatable bonds is 5.